The van der Waals surface area contributed by atoms with E-state index < -0.39 is 0 Å². The largest absolute Gasteiger partial charge is 0.340 e. The Kier molecular flexibility index (Phi) is 6.70. The number of likely N-dealkylation sites (tertiary alicyclic amines) is 1. The van der Waals surface area contributed by atoms with E-state index in [0.717, 1.165) is 32.2 Å². The average Bonchev–Trinajstić information content (AvgIpc) is 2.63. The van der Waals surface area contributed by atoms with E-state index in [1.807, 2.05) is 13.8 Å². The molecule has 1 saturated heterocycles. The minimum atomic E-state index is 0.323. The van der Waals surface area contributed by atoms with Crippen LogP contribution in [0.4, 0.5) is 0 Å². The Morgan fingerprint density at radius 1 is 1.31 bits per heavy atom. The zero-order valence-corrected chi connectivity index (χ0v) is 12.0. The van der Waals surface area contributed by atoms with Gasteiger partial charge in [-0.15, -0.1) is 0 Å². The highest BCUT2D eigenvalue weighted by molar-refractivity contribution is 5.78. The van der Waals surface area contributed by atoms with E-state index in [9.17, 15) is 4.79 Å². The van der Waals surface area contributed by atoms with Crippen molar-refractivity contribution in [2.24, 2.45) is 5.41 Å². The summed E-state index contributed by atoms with van der Waals surface area (Å²) in [6, 6.07) is 0.463. The highest BCUT2D eigenvalue weighted by Gasteiger charge is 2.29. The topological polar surface area (TPSA) is 20.3 Å². The van der Waals surface area contributed by atoms with Crippen LogP contribution in [-0.2, 0) is 4.79 Å². The minimum Gasteiger partial charge on any atom is -0.340 e. The van der Waals surface area contributed by atoms with Crippen LogP contribution >= 0.6 is 0 Å². The van der Waals surface area contributed by atoms with E-state index >= 15 is 0 Å². The molecule has 0 aromatic heterocycles. The first-order valence-electron chi connectivity index (χ1n) is 6.73. The van der Waals surface area contributed by atoms with Crippen molar-refractivity contribution in [1.29, 1.82) is 0 Å². The monoisotopic (exact) mass is 227 g/mol. The van der Waals surface area contributed by atoms with E-state index in [2.05, 4.69) is 32.6 Å². The Hall–Kier alpha value is -0.530. The molecular weight excluding hydrogens is 198 g/mol. The second-order valence-electron chi connectivity index (χ2n) is 5.52. The second-order valence-corrected chi connectivity index (χ2v) is 5.52. The molecule has 0 spiro atoms. The molecule has 1 atom stereocenters. The van der Waals surface area contributed by atoms with Crippen molar-refractivity contribution < 1.29 is 4.79 Å². The van der Waals surface area contributed by atoms with Crippen molar-refractivity contribution in [3.8, 4) is 0 Å². The van der Waals surface area contributed by atoms with Gasteiger partial charge in [0.25, 0.3) is 0 Å². The minimum absolute atomic E-state index is 0.323. The van der Waals surface area contributed by atoms with Crippen LogP contribution < -0.4 is 0 Å². The first kappa shape index (κ1) is 15.5. The molecule has 0 radical (unpaired) electrons. The Balaban J connectivity index is 0.00000106. The number of rotatable bonds is 3. The summed E-state index contributed by atoms with van der Waals surface area (Å²) in [4.78, 5) is 13.7. The van der Waals surface area contributed by atoms with Gasteiger partial charge >= 0.3 is 0 Å². The molecule has 96 valence electrons. The van der Waals surface area contributed by atoms with Crippen LogP contribution in [0, 0.1) is 5.41 Å². The van der Waals surface area contributed by atoms with Gasteiger partial charge in [-0.25, -0.2) is 0 Å². The van der Waals surface area contributed by atoms with Gasteiger partial charge in [-0.3, -0.25) is 4.79 Å². The van der Waals surface area contributed by atoms with Gasteiger partial charge in [0.05, 0.1) is 0 Å². The summed E-state index contributed by atoms with van der Waals surface area (Å²) in [5.74, 6) is 0.362. The number of hydrogen-bond donors (Lipinski definition) is 0. The fourth-order valence-electron chi connectivity index (χ4n) is 2.24. The quantitative estimate of drug-likeness (QED) is 0.717. The third-order valence-electron chi connectivity index (χ3n) is 2.87. The van der Waals surface area contributed by atoms with Crippen LogP contribution in [-0.4, -0.2) is 23.4 Å². The molecule has 0 bridgehead atoms. The Morgan fingerprint density at radius 2 is 1.88 bits per heavy atom. The first-order valence-corrected chi connectivity index (χ1v) is 6.73. The van der Waals surface area contributed by atoms with Crippen LogP contribution in [0.25, 0.3) is 0 Å². The van der Waals surface area contributed by atoms with Gasteiger partial charge in [-0.1, -0.05) is 41.5 Å². The molecule has 0 saturated carbocycles. The molecule has 1 aliphatic heterocycles. The van der Waals surface area contributed by atoms with Crippen LogP contribution in [0.5, 0.6) is 0 Å². The van der Waals surface area contributed by atoms with Gasteiger partial charge in [-0.2, -0.15) is 0 Å². The van der Waals surface area contributed by atoms with Crippen LogP contribution in [0.2, 0.25) is 0 Å². The first-order chi connectivity index (χ1) is 7.44. The molecule has 0 aliphatic carbocycles. The van der Waals surface area contributed by atoms with Gasteiger partial charge in [0.2, 0.25) is 5.91 Å². The maximum absolute atomic E-state index is 11.6. The molecular formula is C14H29NO. The van der Waals surface area contributed by atoms with E-state index in [0.29, 0.717) is 17.4 Å². The summed E-state index contributed by atoms with van der Waals surface area (Å²) in [5, 5.41) is 0. The summed E-state index contributed by atoms with van der Waals surface area (Å²) >= 11 is 0. The highest BCUT2D eigenvalue weighted by Crippen LogP contribution is 2.27. The maximum Gasteiger partial charge on any atom is 0.222 e. The fraction of sp³-hybridized carbons (Fsp3) is 0.929. The van der Waals surface area contributed by atoms with Gasteiger partial charge in [0, 0.05) is 19.0 Å². The van der Waals surface area contributed by atoms with E-state index in [4.69, 9.17) is 0 Å². The molecule has 2 nitrogen and oxygen atoms in total. The van der Waals surface area contributed by atoms with Crippen LogP contribution in [0.1, 0.15) is 67.2 Å². The van der Waals surface area contributed by atoms with Crippen molar-refractivity contribution >= 4 is 5.91 Å². The van der Waals surface area contributed by atoms with Gasteiger partial charge < -0.3 is 4.90 Å². The third kappa shape index (κ3) is 5.00. The molecule has 1 heterocycles. The molecule has 2 heteroatoms. The molecule has 0 aromatic rings. The van der Waals surface area contributed by atoms with Crippen molar-refractivity contribution in [3.63, 3.8) is 0 Å². The predicted octanol–water partition coefficient (Wildman–Crippen LogP) is 3.85. The number of nitrogens with zero attached hydrogens (tertiary/aromatic N) is 1. The van der Waals surface area contributed by atoms with E-state index in [1.54, 1.807) is 0 Å². The van der Waals surface area contributed by atoms with Gasteiger partial charge in [0.15, 0.2) is 0 Å². The Morgan fingerprint density at radius 3 is 2.19 bits per heavy atom. The molecule has 1 fully saturated rings. The molecule has 0 aromatic carbocycles. The van der Waals surface area contributed by atoms with Crippen molar-refractivity contribution in [3.05, 3.63) is 0 Å². The fourth-order valence-corrected chi connectivity index (χ4v) is 2.24. The number of hydrogen-bond acceptors (Lipinski definition) is 1. The number of carbonyl (C=O) groups excluding carboxylic acids is 1. The number of carbonyl (C=O) groups is 1. The highest BCUT2D eigenvalue weighted by atomic mass is 16.2. The summed E-state index contributed by atoms with van der Waals surface area (Å²) in [6.07, 6.45) is 4.03. The smallest absolute Gasteiger partial charge is 0.222 e. The lowest BCUT2D eigenvalue weighted by molar-refractivity contribution is -0.130. The molecule has 16 heavy (non-hydrogen) atoms. The second kappa shape index (κ2) is 6.93. The van der Waals surface area contributed by atoms with Crippen LogP contribution in [0.15, 0.2) is 0 Å². The molecule has 0 N–H and O–H groups in total. The van der Waals surface area contributed by atoms with E-state index in [1.165, 1.54) is 0 Å². The zero-order chi connectivity index (χ0) is 12.8. The van der Waals surface area contributed by atoms with E-state index in [-0.39, 0.29) is 0 Å². The average molecular weight is 227 g/mol. The standard InChI is InChI=1S/C12H23NO.C2H6/c1-5-10(9-12(2,3)4)13-8-6-7-11(13)14;1-2/h10H,5-9H2,1-4H3;1-2H3. The molecule has 1 amide bonds. The van der Waals surface area contributed by atoms with Gasteiger partial charge in [0.1, 0.15) is 0 Å². The third-order valence-corrected chi connectivity index (χ3v) is 2.87. The lowest BCUT2D eigenvalue weighted by Gasteiger charge is -2.32. The summed E-state index contributed by atoms with van der Waals surface area (Å²) in [7, 11) is 0. The number of amides is 1. The summed E-state index contributed by atoms with van der Waals surface area (Å²) in [6.45, 7) is 13.9. The molecule has 1 aliphatic rings. The molecule has 1 rings (SSSR count). The zero-order valence-electron chi connectivity index (χ0n) is 12.0. The van der Waals surface area contributed by atoms with Gasteiger partial charge in [-0.05, 0) is 24.7 Å². The van der Waals surface area contributed by atoms with Crippen molar-refractivity contribution in [1.82, 2.24) is 4.90 Å². The Labute approximate surface area is 101 Å². The van der Waals surface area contributed by atoms with Crippen LogP contribution in [0.3, 0.4) is 0 Å². The SMILES string of the molecule is CC.CCC(CC(C)(C)C)N1CCCC1=O. The predicted molar refractivity (Wildman–Crippen MR) is 70.4 cm³/mol. The Bertz CT molecular complexity index is 205. The lowest BCUT2D eigenvalue weighted by Crippen LogP contribution is -2.38. The maximum atomic E-state index is 11.6. The molecule has 1 unspecified atom stereocenters. The van der Waals surface area contributed by atoms with Crippen molar-refractivity contribution in [2.45, 2.75) is 73.3 Å². The summed E-state index contributed by atoms with van der Waals surface area (Å²) < 4.78 is 0. The lowest BCUT2D eigenvalue weighted by atomic mass is 9.86. The summed E-state index contributed by atoms with van der Waals surface area (Å²) in [5.41, 5.74) is 0.323. The normalized spacial score (nSPS) is 18.1. The van der Waals surface area contributed by atoms with Crippen molar-refractivity contribution in [2.75, 3.05) is 6.54 Å².